The van der Waals surface area contributed by atoms with Crippen molar-refractivity contribution in [1.82, 2.24) is 4.90 Å². The summed E-state index contributed by atoms with van der Waals surface area (Å²) in [4.78, 5) is 13.1. The fraction of sp³-hybridized carbons (Fsp3) is 0.500. The van der Waals surface area contributed by atoms with Crippen LogP contribution < -0.4 is 0 Å². The van der Waals surface area contributed by atoms with Crippen LogP contribution in [0.2, 0.25) is 0 Å². The van der Waals surface area contributed by atoms with Crippen LogP contribution in [0.1, 0.15) is 18.5 Å². The van der Waals surface area contributed by atoms with Crippen molar-refractivity contribution in [3.8, 4) is 0 Å². The molecule has 1 aliphatic rings. The van der Waals surface area contributed by atoms with Crippen LogP contribution in [0.4, 0.5) is 4.39 Å². The zero-order valence-corrected chi connectivity index (χ0v) is 12.9. The number of ether oxygens (including phenoxy) is 1. The molecule has 1 aromatic rings. The van der Waals surface area contributed by atoms with Gasteiger partial charge in [0.2, 0.25) is 0 Å². The highest BCUT2D eigenvalue weighted by Gasteiger charge is 2.38. The Morgan fingerprint density at radius 3 is 2.90 bits per heavy atom. The van der Waals surface area contributed by atoms with Crippen LogP contribution in [0.25, 0.3) is 0 Å². The first-order valence-corrected chi connectivity index (χ1v) is 7.18. The molecule has 110 valence electrons. The topological polar surface area (TPSA) is 49.8 Å². The van der Waals surface area contributed by atoms with Crippen LogP contribution in [0.15, 0.2) is 22.7 Å². The maximum atomic E-state index is 13.9. The van der Waals surface area contributed by atoms with Gasteiger partial charge in [0, 0.05) is 22.1 Å². The molecule has 1 heterocycles. The van der Waals surface area contributed by atoms with Gasteiger partial charge in [0.25, 0.3) is 0 Å². The van der Waals surface area contributed by atoms with E-state index in [9.17, 15) is 14.3 Å². The molecule has 0 saturated carbocycles. The van der Waals surface area contributed by atoms with Gasteiger partial charge in [-0.15, -0.1) is 0 Å². The summed E-state index contributed by atoms with van der Waals surface area (Å²) >= 11 is 3.33. The maximum absolute atomic E-state index is 13.9. The predicted molar refractivity (Wildman–Crippen MR) is 76.0 cm³/mol. The molecule has 20 heavy (non-hydrogen) atoms. The van der Waals surface area contributed by atoms with Crippen LogP contribution >= 0.6 is 15.9 Å². The lowest BCUT2D eigenvalue weighted by molar-refractivity contribution is -0.143. The Bertz CT molecular complexity index is 511. The number of hydrogen-bond donors (Lipinski definition) is 1. The van der Waals surface area contributed by atoms with Gasteiger partial charge in [0.1, 0.15) is 5.82 Å². The average Bonchev–Trinajstić information content (AvgIpc) is 2.89. The number of carbonyl (C=O) groups is 1. The number of halogens is 2. The smallest absolute Gasteiger partial charge is 0.310 e. The molecule has 4 nitrogen and oxygen atoms in total. The summed E-state index contributed by atoms with van der Waals surface area (Å²) in [5.41, 5.74) is 0.540. The van der Waals surface area contributed by atoms with E-state index in [1.807, 2.05) is 11.8 Å². The van der Waals surface area contributed by atoms with E-state index in [0.717, 1.165) is 4.47 Å². The van der Waals surface area contributed by atoms with Crippen LogP contribution in [-0.4, -0.2) is 42.3 Å². The highest BCUT2D eigenvalue weighted by Crippen LogP contribution is 2.30. The standard InChI is InChI=1S/C14H17BrFNO3/c1-8(10-5-9(15)3-4-12(10)16)17(2)13-7-20-6-11(13)14(18)19/h3-5,8,11,13H,6-7H2,1-2H3,(H,18,19). The predicted octanol–water partition coefficient (Wildman–Crippen LogP) is 2.68. The van der Waals surface area contributed by atoms with Crippen molar-refractivity contribution in [3.05, 3.63) is 34.1 Å². The SMILES string of the molecule is CC(c1cc(Br)ccc1F)N(C)C1COCC1C(=O)O. The summed E-state index contributed by atoms with van der Waals surface area (Å²) in [6.45, 7) is 2.42. The molecule has 1 aromatic carbocycles. The molecule has 0 bridgehead atoms. The molecule has 1 saturated heterocycles. The van der Waals surface area contributed by atoms with Gasteiger partial charge in [-0.25, -0.2) is 4.39 Å². The Kier molecular flexibility index (Phi) is 4.78. The minimum absolute atomic E-state index is 0.206. The molecular weight excluding hydrogens is 329 g/mol. The first-order chi connectivity index (χ1) is 9.41. The quantitative estimate of drug-likeness (QED) is 0.911. The second kappa shape index (κ2) is 6.20. The summed E-state index contributed by atoms with van der Waals surface area (Å²) < 4.78 is 20.0. The summed E-state index contributed by atoms with van der Waals surface area (Å²) in [6.07, 6.45) is 0. The number of aliphatic carboxylic acids is 1. The van der Waals surface area contributed by atoms with E-state index >= 15 is 0 Å². The largest absolute Gasteiger partial charge is 0.481 e. The number of nitrogens with zero attached hydrogens (tertiary/aromatic N) is 1. The van der Waals surface area contributed by atoms with E-state index in [2.05, 4.69) is 15.9 Å². The van der Waals surface area contributed by atoms with E-state index in [0.29, 0.717) is 12.2 Å². The van der Waals surface area contributed by atoms with Gasteiger partial charge in [0.05, 0.1) is 19.1 Å². The van der Waals surface area contributed by atoms with Crippen molar-refractivity contribution in [2.75, 3.05) is 20.3 Å². The molecule has 0 spiro atoms. The van der Waals surface area contributed by atoms with Gasteiger partial charge in [-0.1, -0.05) is 15.9 Å². The minimum Gasteiger partial charge on any atom is -0.481 e. The highest BCUT2D eigenvalue weighted by molar-refractivity contribution is 9.10. The molecule has 2 rings (SSSR count). The zero-order chi connectivity index (χ0) is 14.9. The average molecular weight is 346 g/mol. The van der Waals surface area contributed by atoms with Gasteiger partial charge >= 0.3 is 5.97 Å². The summed E-state index contributed by atoms with van der Waals surface area (Å²) in [5, 5.41) is 9.20. The van der Waals surface area contributed by atoms with E-state index < -0.39 is 11.9 Å². The molecule has 1 fully saturated rings. The molecule has 6 heteroatoms. The Morgan fingerprint density at radius 1 is 1.55 bits per heavy atom. The molecule has 1 aliphatic heterocycles. The van der Waals surface area contributed by atoms with Gasteiger partial charge in [0.15, 0.2) is 0 Å². The molecule has 1 N–H and O–H groups in total. The number of carboxylic acids is 1. The van der Waals surface area contributed by atoms with Crippen molar-refractivity contribution in [3.63, 3.8) is 0 Å². The third-order valence-electron chi connectivity index (χ3n) is 3.91. The number of rotatable bonds is 4. The molecule has 3 unspecified atom stereocenters. The van der Waals surface area contributed by atoms with Crippen molar-refractivity contribution in [2.24, 2.45) is 5.92 Å². The fourth-order valence-corrected chi connectivity index (χ4v) is 2.90. The molecular formula is C14H17BrFNO3. The zero-order valence-electron chi connectivity index (χ0n) is 11.3. The lowest BCUT2D eigenvalue weighted by Crippen LogP contribution is -2.42. The Morgan fingerprint density at radius 2 is 2.25 bits per heavy atom. The monoisotopic (exact) mass is 345 g/mol. The van der Waals surface area contributed by atoms with Crippen LogP contribution in [0.5, 0.6) is 0 Å². The van der Waals surface area contributed by atoms with E-state index in [1.165, 1.54) is 6.07 Å². The Hall–Kier alpha value is -0.980. The van der Waals surface area contributed by atoms with Crippen LogP contribution in [0.3, 0.4) is 0 Å². The summed E-state index contributed by atoms with van der Waals surface area (Å²) in [7, 11) is 1.81. The van der Waals surface area contributed by atoms with Gasteiger partial charge < -0.3 is 9.84 Å². The normalized spacial score (nSPS) is 24.1. The van der Waals surface area contributed by atoms with Crippen molar-refractivity contribution in [2.45, 2.75) is 19.0 Å². The molecule has 0 radical (unpaired) electrons. The third kappa shape index (κ3) is 3.02. The highest BCUT2D eigenvalue weighted by atomic mass is 79.9. The summed E-state index contributed by atoms with van der Waals surface area (Å²) in [5.74, 6) is -1.74. The number of carboxylic acid groups (broad SMARTS) is 1. The van der Waals surface area contributed by atoms with Crippen molar-refractivity contribution >= 4 is 21.9 Å². The summed E-state index contributed by atoms with van der Waals surface area (Å²) in [6, 6.07) is 4.29. The minimum atomic E-state index is -0.874. The molecule has 0 aliphatic carbocycles. The van der Waals surface area contributed by atoms with Gasteiger partial charge in [-0.05, 0) is 32.2 Å². The molecule has 3 atom stereocenters. The first-order valence-electron chi connectivity index (χ1n) is 6.39. The van der Waals surface area contributed by atoms with Crippen molar-refractivity contribution in [1.29, 1.82) is 0 Å². The molecule has 0 amide bonds. The van der Waals surface area contributed by atoms with Crippen LogP contribution in [0, 0.1) is 11.7 Å². The Balaban J connectivity index is 2.21. The first kappa shape index (κ1) is 15.4. The van der Waals surface area contributed by atoms with Crippen LogP contribution in [-0.2, 0) is 9.53 Å². The van der Waals surface area contributed by atoms with Gasteiger partial charge in [-0.3, -0.25) is 9.69 Å². The fourth-order valence-electron chi connectivity index (χ4n) is 2.52. The van der Waals surface area contributed by atoms with E-state index in [1.54, 1.807) is 19.2 Å². The lowest BCUT2D eigenvalue weighted by atomic mass is 9.99. The number of hydrogen-bond acceptors (Lipinski definition) is 3. The second-order valence-corrected chi connectivity index (χ2v) is 5.97. The van der Waals surface area contributed by atoms with Gasteiger partial charge in [-0.2, -0.15) is 0 Å². The second-order valence-electron chi connectivity index (χ2n) is 5.06. The Labute approximate surface area is 125 Å². The van der Waals surface area contributed by atoms with Crippen molar-refractivity contribution < 1.29 is 19.0 Å². The van der Waals surface area contributed by atoms with E-state index in [4.69, 9.17) is 4.74 Å². The third-order valence-corrected chi connectivity index (χ3v) is 4.40. The molecule has 0 aromatic heterocycles. The number of benzene rings is 1. The lowest BCUT2D eigenvalue weighted by Gasteiger charge is -2.32. The van der Waals surface area contributed by atoms with E-state index in [-0.39, 0.29) is 24.5 Å². The number of likely N-dealkylation sites (N-methyl/N-ethyl adjacent to an activating group) is 1. The maximum Gasteiger partial charge on any atom is 0.310 e.